The number of aliphatic hydroxyl groups is 1. The Morgan fingerprint density at radius 3 is 2.09 bits per heavy atom. The summed E-state index contributed by atoms with van der Waals surface area (Å²) < 4.78 is 51.7. The minimum absolute atomic E-state index is 0.0638. The molecule has 0 spiro atoms. The van der Waals surface area contributed by atoms with Crippen LogP contribution in [-0.2, 0) is 20.0 Å². The summed E-state index contributed by atoms with van der Waals surface area (Å²) in [4.78, 5) is 0.121. The fraction of sp³-hybridized carbons (Fsp3) is 0.571. The molecule has 0 unspecified atom stereocenters. The van der Waals surface area contributed by atoms with E-state index < -0.39 is 32.1 Å². The summed E-state index contributed by atoms with van der Waals surface area (Å²) >= 11 is 0. The molecule has 0 bridgehead atoms. The third-order valence-corrected chi connectivity index (χ3v) is 6.29. The molecule has 0 saturated carbocycles. The van der Waals surface area contributed by atoms with Crippen molar-refractivity contribution in [2.45, 2.75) is 37.8 Å². The SMILES string of the molecule is Cc1ccc(S(=O)(=O)N[C@@H](C)CN([C@@H](C)CO)S(C)(=O)=O)cc1. The molecule has 132 valence electrons. The second kappa shape index (κ2) is 7.71. The van der Waals surface area contributed by atoms with E-state index in [0.29, 0.717) is 0 Å². The number of nitrogens with one attached hydrogen (secondary N) is 1. The smallest absolute Gasteiger partial charge is 0.240 e. The van der Waals surface area contributed by atoms with Crippen molar-refractivity contribution in [1.29, 1.82) is 0 Å². The van der Waals surface area contributed by atoms with Gasteiger partial charge in [-0.15, -0.1) is 0 Å². The van der Waals surface area contributed by atoms with Crippen molar-refractivity contribution in [3.63, 3.8) is 0 Å². The molecule has 1 aromatic rings. The van der Waals surface area contributed by atoms with Crippen molar-refractivity contribution < 1.29 is 21.9 Å². The Bertz CT molecular complexity index is 714. The first-order valence-electron chi connectivity index (χ1n) is 7.14. The maximum atomic E-state index is 12.3. The zero-order valence-electron chi connectivity index (χ0n) is 13.7. The van der Waals surface area contributed by atoms with Gasteiger partial charge in [0.05, 0.1) is 17.8 Å². The molecule has 9 heteroatoms. The molecule has 1 rings (SSSR count). The van der Waals surface area contributed by atoms with Crippen molar-refractivity contribution in [3.05, 3.63) is 29.8 Å². The zero-order chi connectivity index (χ0) is 17.8. The first-order valence-corrected chi connectivity index (χ1v) is 10.5. The fourth-order valence-electron chi connectivity index (χ4n) is 2.09. The summed E-state index contributed by atoms with van der Waals surface area (Å²) in [6.45, 7) is 4.58. The van der Waals surface area contributed by atoms with Gasteiger partial charge in [0.2, 0.25) is 20.0 Å². The van der Waals surface area contributed by atoms with Gasteiger partial charge in [0, 0.05) is 18.6 Å². The molecule has 2 atom stereocenters. The highest BCUT2D eigenvalue weighted by atomic mass is 32.2. The van der Waals surface area contributed by atoms with Gasteiger partial charge in [-0.25, -0.2) is 21.6 Å². The van der Waals surface area contributed by atoms with Gasteiger partial charge in [-0.3, -0.25) is 0 Å². The third-order valence-electron chi connectivity index (χ3n) is 3.32. The van der Waals surface area contributed by atoms with E-state index in [4.69, 9.17) is 0 Å². The minimum Gasteiger partial charge on any atom is -0.395 e. The summed E-state index contributed by atoms with van der Waals surface area (Å²) in [5.74, 6) is 0. The van der Waals surface area contributed by atoms with E-state index in [0.717, 1.165) is 16.1 Å². The number of benzene rings is 1. The van der Waals surface area contributed by atoms with Gasteiger partial charge in [0.1, 0.15) is 0 Å². The van der Waals surface area contributed by atoms with Gasteiger partial charge in [-0.05, 0) is 32.9 Å². The number of nitrogens with zero attached hydrogens (tertiary/aromatic N) is 1. The van der Waals surface area contributed by atoms with Crippen LogP contribution in [-0.4, -0.2) is 57.7 Å². The van der Waals surface area contributed by atoms with E-state index in [2.05, 4.69) is 4.72 Å². The largest absolute Gasteiger partial charge is 0.395 e. The number of aryl methyl sites for hydroxylation is 1. The van der Waals surface area contributed by atoms with Crippen LogP contribution in [0.2, 0.25) is 0 Å². The van der Waals surface area contributed by atoms with E-state index in [1.807, 2.05) is 6.92 Å². The first-order chi connectivity index (χ1) is 10.5. The van der Waals surface area contributed by atoms with Crippen molar-refractivity contribution in [1.82, 2.24) is 9.03 Å². The van der Waals surface area contributed by atoms with Crippen LogP contribution in [0.3, 0.4) is 0 Å². The molecule has 7 nitrogen and oxygen atoms in total. The second-order valence-corrected chi connectivity index (χ2v) is 9.35. The topological polar surface area (TPSA) is 104 Å². The van der Waals surface area contributed by atoms with E-state index in [9.17, 15) is 21.9 Å². The second-order valence-electron chi connectivity index (χ2n) is 5.70. The van der Waals surface area contributed by atoms with Crippen molar-refractivity contribution in [3.8, 4) is 0 Å². The van der Waals surface area contributed by atoms with Gasteiger partial charge in [-0.1, -0.05) is 17.7 Å². The Morgan fingerprint density at radius 2 is 1.65 bits per heavy atom. The van der Waals surface area contributed by atoms with Crippen LogP contribution in [0.25, 0.3) is 0 Å². The van der Waals surface area contributed by atoms with Crippen molar-refractivity contribution in [2.75, 3.05) is 19.4 Å². The van der Waals surface area contributed by atoms with Gasteiger partial charge < -0.3 is 5.11 Å². The van der Waals surface area contributed by atoms with Gasteiger partial charge in [0.25, 0.3) is 0 Å². The zero-order valence-corrected chi connectivity index (χ0v) is 15.4. The average Bonchev–Trinajstić information content (AvgIpc) is 2.42. The summed E-state index contributed by atoms with van der Waals surface area (Å²) in [5.41, 5.74) is 0.942. The predicted molar refractivity (Wildman–Crippen MR) is 89.1 cm³/mol. The lowest BCUT2D eigenvalue weighted by molar-refractivity contribution is 0.193. The van der Waals surface area contributed by atoms with Gasteiger partial charge in [-0.2, -0.15) is 4.31 Å². The Hall–Kier alpha value is -1.00. The summed E-state index contributed by atoms with van der Waals surface area (Å²) in [6, 6.07) is 5.09. The lowest BCUT2D eigenvalue weighted by atomic mass is 10.2. The Morgan fingerprint density at radius 1 is 1.13 bits per heavy atom. The summed E-state index contributed by atoms with van der Waals surface area (Å²) in [7, 11) is -7.29. The maximum absolute atomic E-state index is 12.3. The molecule has 0 aliphatic heterocycles. The van der Waals surface area contributed by atoms with Crippen LogP contribution in [0.15, 0.2) is 29.2 Å². The molecule has 0 aliphatic rings. The molecule has 0 saturated heterocycles. The molecular formula is C14H24N2O5S2. The van der Waals surface area contributed by atoms with Gasteiger partial charge >= 0.3 is 0 Å². The van der Waals surface area contributed by atoms with E-state index >= 15 is 0 Å². The number of hydrogen-bond donors (Lipinski definition) is 2. The highest BCUT2D eigenvalue weighted by Gasteiger charge is 2.26. The van der Waals surface area contributed by atoms with E-state index in [-0.39, 0.29) is 18.0 Å². The summed E-state index contributed by atoms with van der Waals surface area (Å²) in [5, 5.41) is 9.17. The minimum atomic E-state index is -3.73. The highest BCUT2D eigenvalue weighted by molar-refractivity contribution is 7.89. The van der Waals surface area contributed by atoms with Crippen LogP contribution < -0.4 is 4.72 Å². The summed E-state index contributed by atoms with van der Waals surface area (Å²) in [6.07, 6.45) is 1.03. The molecular weight excluding hydrogens is 340 g/mol. The number of hydrogen-bond acceptors (Lipinski definition) is 5. The molecule has 0 heterocycles. The molecule has 0 fully saturated rings. The molecule has 0 aromatic heterocycles. The van der Waals surface area contributed by atoms with E-state index in [1.165, 1.54) is 12.1 Å². The van der Waals surface area contributed by atoms with Crippen LogP contribution in [0.4, 0.5) is 0 Å². The normalized spacial score (nSPS) is 15.6. The molecule has 1 aromatic carbocycles. The molecule has 0 radical (unpaired) electrons. The molecule has 0 aliphatic carbocycles. The number of sulfonamides is 2. The van der Waals surface area contributed by atoms with Gasteiger partial charge in [0.15, 0.2) is 0 Å². The van der Waals surface area contributed by atoms with Crippen LogP contribution in [0.1, 0.15) is 19.4 Å². The average molecular weight is 364 g/mol. The number of aliphatic hydroxyl groups excluding tert-OH is 1. The lowest BCUT2D eigenvalue weighted by Gasteiger charge is -2.28. The van der Waals surface area contributed by atoms with Crippen molar-refractivity contribution in [2.24, 2.45) is 0 Å². The van der Waals surface area contributed by atoms with E-state index in [1.54, 1.807) is 26.0 Å². The third kappa shape index (κ3) is 5.85. The van der Waals surface area contributed by atoms with Crippen LogP contribution >= 0.6 is 0 Å². The monoisotopic (exact) mass is 364 g/mol. The Kier molecular flexibility index (Phi) is 6.72. The van der Waals surface area contributed by atoms with Crippen molar-refractivity contribution >= 4 is 20.0 Å². The molecule has 2 N–H and O–H groups in total. The highest BCUT2D eigenvalue weighted by Crippen LogP contribution is 2.12. The predicted octanol–water partition coefficient (Wildman–Crippen LogP) is 0.304. The lowest BCUT2D eigenvalue weighted by Crippen LogP contribution is -2.48. The number of rotatable bonds is 8. The first kappa shape index (κ1) is 20.0. The molecule has 23 heavy (non-hydrogen) atoms. The Labute approximate surface area is 138 Å². The quantitative estimate of drug-likeness (QED) is 0.691. The maximum Gasteiger partial charge on any atom is 0.240 e. The molecule has 0 amide bonds. The standard InChI is InChI=1S/C14H24N2O5S2/c1-11-5-7-14(8-6-11)23(20,21)15-12(2)9-16(13(3)10-17)22(4,18)19/h5-8,12-13,15,17H,9-10H2,1-4H3/t12-,13-/m0/s1. The van der Waals surface area contributed by atoms with Crippen LogP contribution in [0.5, 0.6) is 0 Å². The fourth-order valence-corrected chi connectivity index (χ4v) is 4.54. The van der Waals surface area contributed by atoms with Crippen LogP contribution in [0, 0.1) is 6.92 Å². The Balaban J connectivity index is 2.89.